The van der Waals surface area contributed by atoms with Gasteiger partial charge in [0.05, 0.1) is 0 Å². The van der Waals surface area contributed by atoms with Crippen molar-refractivity contribution in [1.29, 1.82) is 0 Å². The second-order valence-electron chi connectivity index (χ2n) is 0.415. The summed E-state index contributed by atoms with van der Waals surface area (Å²) in [6, 6.07) is 0. The number of hydrogen-bond acceptors (Lipinski definition) is 3. The molecule has 32 valence electrons. The van der Waals surface area contributed by atoms with Crippen LogP contribution in [0.25, 0.3) is 0 Å². The van der Waals surface area contributed by atoms with Crippen LogP contribution in [0.5, 0.6) is 0 Å². The minimum absolute atomic E-state index is 0. The second-order valence-corrected chi connectivity index (χ2v) is 0.594. The van der Waals surface area contributed by atoms with Gasteiger partial charge < -0.3 is 10.0 Å². The van der Waals surface area contributed by atoms with E-state index in [0.717, 1.165) is 0 Å². The number of halogens is 1. The van der Waals surface area contributed by atoms with Crippen LogP contribution >= 0.6 is 11.9 Å². The van der Waals surface area contributed by atoms with Gasteiger partial charge in [0.25, 0.3) is 0 Å². The predicted molar refractivity (Wildman–Crippen MR) is 24.3 cm³/mol. The number of rotatable bonds is 1. The quantitative estimate of drug-likeness (QED) is 0.413. The van der Waals surface area contributed by atoms with E-state index >= 15 is 0 Å². The SMILES string of the molecule is OB(O)OCl.[NaH]. The zero-order valence-electron chi connectivity index (χ0n) is 2.26. The average Bonchev–Trinajstić information content (AvgIpc) is 1.38. The van der Waals surface area contributed by atoms with Gasteiger partial charge in [0.1, 0.15) is 0 Å². The molecule has 6 heavy (non-hydrogen) atoms. The van der Waals surface area contributed by atoms with Gasteiger partial charge in [-0.1, -0.05) is 0 Å². The molecule has 0 aliphatic carbocycles. The van der Waals surface area contributed by atoms with Crippen LogP contribution in [-0.4, -0.2) is 46.9 Å². The fourth-order valence-corrected chi connectivity index (χ4v) is 0. The molecule has 0 radical (unpaired) electrons. The Labute approximate surface area is 62.9 Å². The van der Waals surface area contributed by atoms with Crippen LogP contribution < -0.4 is 0 Å². The molecular formula is H3BClNaO3. The molecule has 0 saturated carbocycles. The van der Waals surface area contributed by atoms with Gasteiger partial charge in [0, 0.05) is 11.9 Å². The first-order chi connectivity index (χ1) is 2.27. The molecule has 0 spiro atoms. The van der Waals surface area contributed by atoms with E-state index in [-0.39, 0.29) is 29.6 Å². The summed E-state index contributed by atoms with van der Waals surface area (Å²) in [7, 11) is -1.85. The van der Waals surface area contributed by atoms with Gasteiger partial charge in [-0.05, 0) is 0 Å². The van der Waals surface area contributed by atoms with Crippen molar-refractivity contribution in [3.05, 3.63) is 0 Å². The van der Waals surface area contributed by atoms with Crippen molar-refractivity contribution in [1.82, 2.24) is 0 Å². The van der Waals surface area contributed by atoms with E-state index in [1.807, 2.05) is 0 Å². The fraction of sp³-hybridized carbons (Fsp3) is 0. The molecule has 3 nitrogen and oxygen atoms in total. The third-order valence-electron chi connectivity index (χ3n) is 0.0797. The van der Waals surface area contributed by atoms with Gasteiger partial charge in [-0.2, -0.15) is 0 Å². The third kappa shape index (κ3) is 8.97. The first-order valence-electron chi connectivity index (χ1n) is 0.906. The molecule has 6 heteroatoms. The Morgan fingerprint density at radius 3 is 1.67 bits per heavy atom. The van der Waals surface area contributed by atoms with Crippen molar-refractivity contribution in [3.8, 4) is 0 Å². The van der Waals surface area contributed by atoms with Gasteiger partial charge in [-0.15, -0.1) is 0 Å². The van der Waals surface area contributed by atoms with Crippen LogP contribution in [0.2, 0.25) is 0 Å². The van der Waals surface area contributed by atoms with Gasteiger partial charge in [-0.3, -0.25) is 4.21 Å². The van der Waals surface area contributed by atoms with E-state index in [1.165, 1.54) is 0 Å². The Bertz CT molecular complexity index is 24.8. The van der Waals surface area contributed by atoms with E-state index in [1.54, 1.807) is 0 Å². The molecule has 0 saturated heterocycles. The van der Waals surface area contributed by atoms with Crippen molar-refractivity contribution >= 4 is 48.7 Å². The standard InChI is InChI=1S/BClH2O3.Na.H/c2-5-1(3)4;;/h3-4H;;. The van der Waals surface area contributed by atoms with Crippen molar-refractivity contribution in [3.63, 3.8) is 0 Å². The Kier molecular flexibility index (Phi) is 10.7. The Balaban J connectivity index is 0. The summed E-state index contributed by atoms with van der Waals surface area (Å²) < 4.78 is 3.33. The molecule has 0 rings (SSSR count). The molecule has 0 fully saturated rings. The summed E-state index contributed by atoms with van der Waals surface area (Å²) >= 11 is 4.34. The molecule has 0 aromatic heterocycles. The first-order valence-corrected chi connectivity index (χ1v) is 1.22. The molecule has 0 heterocycles. The van der Waals surface area contributed by atoms with E-state index < -0.39 is 7.32 Å². The Morgan fingerprint density at radius 2 is 1.67 bits per heavy atom. The molecule has 0 unspecified atom stereocenters. The third-order valence-corrected chi connectivity index (χ3v) is 0.239. The van der Waals surface area contributed by atoms with Gasteiger partial charge >= 0.3 is 36.9 Å². The number of hydrogen-bond donors (Lipinski definition) is 2. The maximum absolute atomic E-state index is 7.56. The van der Waals surface area contributed by atoms with Crippen LogP contribution in [-0.2, 0) is 4.21 Å². The summed E-state index contributed by atoms with van der Waals surface area (Å²) in [4.78, 5) is 0. The van der Waals surface area contributed by atoms with Crippen molar-refractivity contribution in [2.75, 3.05) is 0 Å². The average molecular weight is 120 g/mol. The monoisotopic (exact) mass is 120 g/mol. The van der Waals surface area contributed by atoms with Crippen LogP contribution in [0.4, 0.5) is 0 Å². The van der Waals surface area contributed by atoms with Gasteiger partial charge in [0.15, 0.2) is 0 Å². The minimum atomic E-state index is -1.85. The van der Waals surface area contributed by atoms with Crippen LogP contribution in [0.3, 0.4) is 0 Å². The second kappa shape index (κ2) is 6.23. The summed E-state index contributed by atoms with van der Waals surface area (Å²) in [6.45, 7) is 0. The first kappa shape index (κ1) is 10.3. The van der Waals surface area contributed by atoms with Crippen molar-refractivity contribution in [2.45, 2.75) is 0 Å². The zero-order valence-corrected chi connectivity index (χ0v) is 3.01. The molecular weight excluding hydrogens is 117 g/mol. The van der Waals surface area contributed by atoms with Crippen LogP contribution in [0.15, 0.2) is 0 Å². The predicted octanol–water partition coefficient (Wildman–Crippen LogP) is -1.52. The van der Waals surface area contributed by atoms with Crippen molar-refractivity contribution < 1.29 is 14.3 Å². The van der Waals surface area contributed by atoms with E-state index in [4.69, 9.17) is 10.0 Å². The molecule has 0 aliphatic heterocycles. The van der Waals surface area contributed by atoms with Gasteiger partial charge in [-0.25, -0.2) is 0 Å². The van der Waals surface area contributed by atoms with Crippen LogP contribution in [0, 0.1) is 0 Å². The van der Waals surface area contributed by atoms with Crippen molar-refractivity contribution in [2.24, 2.45) is 0 Å². The molecule has 0 amide bonds. The molecule has 0 aromatic carbocycles. The molecule has 0 aliphatic rings. The molecule has 0 aromatic rings. The summed E-state index contributed by atoms with van der Waals surface area (Å²) in [5, 5.41) is 15.1. The summed E-state index contributed by atoms with van der Waals surface area (Å²) in [5.74, 6) is 0. The zero-order chi connectivity index (χ0) is 4.28. The normalized spacial score (nSPS) is 6.50. The van der Waals surface area contributed by atoms with Crippen LogP contribution in [0.1, 0.15) is 0 Å². The topological polar surface area (TPSA) is 49.7 Å². The Morgan fingerprint density at radius 1 is 1.50 bits per heavy atom. The van der Waals surface area contributed by atoms with E-state index in [0.29, 0.717) is 0 Å². The summed E-state index contributed by atoms with van der Waals surface area (Å²) in [5.41, 5.74) is 0. The van der Waals surface area contributed by atoms with E-state index in [2.05, 4.69) is 16.1 Å². The van der Waals surface area contributed by atoms with E-state index in [9.17, 15) is 0 Å². The molecule has 0 bridgehead atoms. The molecule has 2 N–H and O–H groups in total. The Hall–Kier alpha value is 1.23. The summed E-state index contributed by atoms with van der Waals surface area (Å²) in [6.07, 6.45) is 0. The fourth-order valence-electron chi connectivity index (χ4n) is 0. The van der Waals surface area contributed by atoms with Gasteiger partial charge in [0.2, 0.25) is 0 Å². The maximum atomic E-state index is 7.56. The molecule has 0 atom stereocenters.